The first-order valence-corrected chi connectivity index (χ1v) is 6.82. The molecule has 0 aliphatic carbocycles. The number of anilines is 1. The Balaban J connectivity index is 2.87. The molecule has 0 heterocycles. The largest absolute Gasteiger partial charge is 0.495 e. The van der Waals surface area contributed by atoms with Gasteiger partial charge in [0.2, 0.25) is 10.0 Å². The molecule has 0 bridgehead atoms. The predicted octanol–water partition coefficient (Wildman–Crippen LogP) is 0.969. The van der Waals surface area contributed by atoms with E-state index in [4.69, 9.17) is 10.5 Å². The van der Waals surface area contributed by atoms with Crippen molar-refractivity contribution in [3.8, 4) is 17.6 Å². The smallest absolute Gasteiger partial charge is 0.240 e. The molecule has 1 rings (SSSR count). The van der Waals surface area contributed by atoms with Crippen molar-refractivity contribution in [1.29, 1.82) is 0 Å². The van der Waals surface area contributed by atoms with Gasteiger partial charge in [-0.25, -0.2) is 13.1 Å². The Morgan fingerprint density at radius 3 is 2.78 bits per heavy atom. The lowest BCUT2D eigenvalue weighted by Crippen LogP contribution is -2.24. The van der Waals surface area contributed by atoms with E-state index < -0.39 is 10.0 Å². The zero-order valence-electron chi connectivity index (χ0n) is 10.4. The minimum absolute atomic E-state index is 0.123. The molecule has 5 nitrogen and oxygen atoms in total. The number of sulfonamides is 1. The molecule has 0 saturated carbocycles. The third-order valence-electron chi connectivity index (χ3n) is 2.23. The predicted molar refractivity (Wildman–Crippen MR) is 70.7 cm³/mol. The van der Waals surface area contributed by atoms with Crippen LogP contribution in [0, 0.1) is 11.8 Å². The molecule has 1 aromatic rings. The van der Waals surface area contributed by atoms with Crippen LogP contribution in [0.2, 0.25) is 0 Å². The Labute approximate surface area is 107 Å². The number of ether oxygens (including phenoxy) is 1. The van der Waals surface area contributed by atoms with E-state index in [2.05, 4.69) is 16.6 Å². The van der Waals surface area contributed by atoms with Crippen LogP contribution in [0.25, 0.3) is 0 Å². The summed E-state index contributed by atoms with van der Waals surface area (Å²) < 4.78 is 31.3. The molecular formula is C12H16N2O3S. The zero-order valence-corrected chi connectivity index (χ0v) is 11.2. The number of nitrogen functional groups attached to an aromatic ring is 1. The van der Waals surface area contributed by atoms with Crippen molar-refractivity contribution >= 4 is 15.7 Å². The lowest BCUT2D eigenvalue weighted by Gasteiger charge is -2.08. The summed E-state index contributed by atoms with van der Waals surface area (Å²) in [6.45, 7) is 1.98. The lowest BCUT2D eigenvalue weighted by molar-refractivity contribution is 0.415. The van der Waals surface area contributed by atoms with E-state index in [0.29, 0.717) is 17.9 Å². The molecule has 0 radical (unpaired) electrons. The van der Waals surface area contributed by atoms with E-state index in [-0.39, 0.29) is 11.4 Å². The summed E-state index contributed by atoms with van der Waals surface area (Å²) in [5.41, 5.74) is 6.02. The fourth-order valence-corrected chi connectivity index (χ4v) is 2.36. The molecule has 0 aliphatic rings. The second-order valence-electron chi connectivity index (χ2n) is 3.48. The van der Waals surface area contributed by atoms with E-state index in [0.717, 1.165) is 0 Å². The van der Waals surface area contributed by atoms with Crippen molar-refractivity contribution in [2.75, 3.05) is 19.4 Å². The first kappa shape index (κ1) is 14.4. The van der Waals surface area contributed by atoms with Crippen molar-refractivity contribution in [1.82, 2.24) is 4.72 Å². The highest BCUT2D eigenvalue weighted by Crippen LogP contribution is 2.24. The van der Waals surface area contributed by atoms with E-state index in [9.17, 15) is 8.42 Å². The quantitative estimate of drug-likeness (QED) is 0.473. The van der Waals surface area contributed by atoms with Gasteiger partial charge in [0, 0.05) is 19.0 Å². The molecular weight excluding hydrogens is 252 g/mol. The summed E-state index contributed by atoms with van der Waals surface area (Å²) in [5.74, 6) is 5.82. The number of hydrogen-bond acceptors (Lipinski definition) is 4. The Kier molecular flexibility index (Phi) is 5.01. The SMILES string of the molecule is CC#CCCNS(=O)(=O)c1ccc(N)c(OC)c1. The molecule has 3 N–H and O–H groups in total. The van der Waals surface area contributed by atoms with Crippen LogP contribution in [0.1, 0.15) is 13.3 Å². The molecule has 18 heavy (non-hydrogen) atoms. The summed E-state index contributed by atoms with van der Waals surface area (Å²) in [5, 5.41) is 0. The molecule has 0 aromatic heterocycles. The van der Waals surface area contributed by atoms with Crippen LogP contribution >= 0.6 is 0 Å². The van der Waals surface area contributed by atoms with Gasteiger partial charge in [0.15, 0.2) is 0 Å². The zero-order chi connectivity index (χ0) is 13.6. The van der Waals surface area contributed by atoms with Gasteiger partial charge in [-0.2, -0.15) is 0 Å². The van der Waals surface area contributed by atoms with Gasteiger partial charge in [-0.1, -0.05) is 0 Å². The summed E-state index contributed by atoms with van der Waals surface area (Å²) in [6.07, 6.45) is 0.474. The summed E-state index contributed by atoms with van der Waals surface area (Å²) in [7, 11) is -2.11. The van der Waals surface area contributed by atoms with Crippen LogP contribution < -0.4 is 15.2 Å². The number of nitrogens with two attached hydrogens (primary N) is 1. The average molecular weight is 268 g/mol. The van der Waals surface area contributed by atoms with Gasteiger partial charge in [0.05, 0.1) is 17.7 Å². The van der Waals surface area contributed by atoms with Crippen molar-refractivity contribution in [2.45, 2.75) is 18.2 Å². The highest BCUT2D eigenvalue weighted by atomic mass is 32.2. The minimum atomic E-state index is -3.54. The molecule has 0 spiro atoms. The third kappa shape index (κ3) is 3.65. The van der Waals surface area contributed by atoms with E-state index in [1.54, 1.807) is 6.92 Å². The minimum Gasteiger partial charge on any atom is -0.495 e. The molecule has 1 aromatic carbocycles. The maximum Gasteiger partial charge on any atom is 0.240 e. The maximum absolute atomic E-state index is 11.9. The van der Waals surface area contributed by atoms with E-state index in [1.807, 2.05) is 0 Å². The van der Waals surface area contributed by atoms with E-state index >= 15 is 0 Å². The highest BCUT2D eigenvalue weighted by molar-refractivity contribution is 7.89. The maximum atomic E-state index is 11.9. The van der Waals surface area contributed by atoms with Crippen LogP contribution in [0.3, 0.4) is 0 Å². The van der Waals surface area contributed by atoms with Crippen molar-refractivity contribution < 1.29 is 13.2 Å². The molecule has 0 amide bonds. The summed E-state index contributed by atoms with van der Waals surface area (Å²) >= 11 is 0. The van der Waals surface area contributed by atoms with Gasteiger partial charge < -0.3 is 10.5 Å². The molecule has 0 aliphatic heterocycles. The fourth-order valence-electron chi connectivity index (χ4n) is 1.31. The Hall–Kier alpha value is -1.71. The third-order valence-corrected chi connectivity index (χ3v) is 3.69. The Bertz CT molecular complexity index is 571. The number of rotatable bonds is 5. The van der Waals surface area contributed by atoms with Gasteiger partial charge in [-0.15, -0.1) is 11.8 Å². The average Bonchev–Trinajstić information content (AvgIpc) is 2.35. The van der Waals surface area contributed by atoms with Crippen molar-refractivity contribution in [3.63, 3.8) is 0 Å². The number of nitrogens with one attached hydrogen (secondary N) is 1. The molecule has 0 fully saturated rings. The van der Waals surface area contributed by atoms with Gasteiger partial charge in [-0.3, -0.25) is 0 Å². The first-order valence-electron chi connectivity index (χ1n) is 5.34. The number of methoxy groups -OCH3 is 1. The topological polar surface area (TPSA) is 81.4 Å². The summed E-state index contributed by atoms with van der Waals surface area (Å²) in [4.78, 5) is 0.123. The Morgan fingerprint density at radius 1 is 1.44 bits per heavy atom. The number of hydrogen-bond donors (Lipinski definition) is 2. The fraction of sp³-hybridized carbons (Fsp3) is 0.333. The normalized spacial score (nSPS) is 10.6. The van der Waals surface area contributed by atoms with Crippen molar-refractivity contribution in [3.05, 3.63) is 18.2 Å². The second-order valence-corrected chi connectivity index (χ2v) is 5.25. The van der Waals surface area contributed by atoms with Gasteiger partial charge >= 0.3 is 0 Å². The standard InChI is InChI=1S/C12H16N2O3S/c1-3-4-5-8-14-18(15,16)10-6-7-11(13)12(9-10)17-2/h6-7,9,14H,5,8,13H2,1-2H3. The molecule has 0 unspecified atom stereocenters. The summed E-state index contributed by atoms with van der Waals surface area (Å²) in [6, 6.07) is 4.33. The van der Waals surface area contributed by atoms with Gasteiger partial charge in [0.25, 0.3) is 0 Å². The highest BCUT2D eigenvalue weighted by Gasteiger charge is 2.14. The van der Waals surface area contributed by atoms with Crippen LogP contribution in [0.5, 0.6) is 5.75 Å². The molecule has 6 heteroatoms. The number of benzene rings is 1. The van der Waals surface area contributed by atoms with Crippen LogP contribution in [-0.2, 0) is 10.0 Å². The molecule has 0 atom stereocenters. The second kappa shape index (κ2) is 6.28. The van der Waals surface area contributed by atoms with Crippen LogP contribution in [0.4, 0.5) is 5.69 Å². The van der Waals surface area contributed by atoms with Crippen LogP contribution in [-0.4, -0.2) is 22.1 Å². The lowest BCUT2D eigenvalue weighted by atomic mass is 10.3. The van der Waals surface area contributed by atoms with Gasteiger partial charge in [-0.05, 0) is 19.1 Å². The molecule has 0 saturated heterocycles. The monoisotopic (exact) mass is 268 g/mol. The van der Waals surface area contributed by atoms with Gasteiger partial charge in [0.1, 0.15) is 5.75 Å². The first-order chi connectivity index (χ1) is 8.51. The van der Waals surface area contributed by atoms with E-state index in [1.165, 1.54) is 25.3 Å². The van der Waals surface area contributed by atoms with Crippen LogP contribution in [0.15, 0.2) is 23.1 Å². The molecule has 98 valence electrons. The Morgan fingerprint density at radius 2 is 2.17 bits per heavy atom. The van der Waals surface area contributed by atoms with Crippen molar-refractivity contribution in [2.24, 2.45) is 0 Å².